The van der Waals surface area contributed by atoms with E-state index < -0.39 is 31.0 Å². The van der Waals surface area contributed by atoms with Crippen molar-refractivity contribution in [3.8, 4) is 0 Å². The molecule has 0 aromatic heterocycles. The summed E-state index contributed by atoms with van der Waals surface area (Å²) in [5, 5.41) is 8.38. The standard InChI is InChI=1S/C8H12F3NO3/c1-2-3-12(5-7(14)15)6(13)4-8(9,10)11/h2-5H2,1H3,(H,14,15). The quantitative estimate of drug-likeness (QED) is 0.769. The molecule has 0 aliphatic carbocycles. The summed E-state index contributed by atoms with van der Waals surface area (Å²) in [5.41, 5.74) is 0. The van der Waals surface area contributed by atoms with Crippen molar-refractivity contribution in [2.24, 2.45) is 0 Å². The normalized spacial score (nSPS) is 11.2. The summed E-state index contributed by atoms with van der Waals surface area (Å²) >= 11 is 0. The van der Waals surface area contributed by atoms with E-state index in [1.54, 1.807) is 6.92 Å². The number of carbonyl (C=O) groups excluding carboxylic acids is 1. The van der Waals surface area contributed by atoms with Crippen LogP contribution in [-0.2, 0) is 9.59 Å². The van der Waals surface area contributed by atoms with E-state index in [-0.39, 0.29) is 6.54 Å². The maximum absolute atomic E-state index is 11.8. The molecular weight excluding hydrogens is 215 g/mol. The Morgan fingerprint density at radius 2 is 1.87 bits per heavy atom. The lowest BCUT2D eigenvalue weighted by Crippen LogP contribution is -2.38. The molecule has 0 heterocycles. The van der Waals surface area contributed by atoms with E-state index in [0.29, 0.717) is 11.3 Å². The summed E-state index contributed by atoms with van der Waals surface area (Å²) < 4.78 is 35.5. The molecule has 88 valence electrons. The number of hydrogen-bond donors (Lipinski definition) is 1. The topological polar surface area (TPSA) is 57.6 Å². The Hall–Kier alpha value is -1.27. The Balaban J connectivity index is 4.35. The van der Waals surface area contributed by atoms with E-state index in [1.165, 1.54) is 0 Å². The largest absolute Gasteiger partial charge is 0.480 e. The van der Waals surface area contributed by atoms with Crippen molar-refractivity contribution in [1.29, 1.82) is 0 Å². The van der Waals surface area contributed by atoms with Crippen LogP contribution >= 0.6 is 0 Å². The molecule has 0 rings (SSSR count). The lowest BCUT2D eigenvalue weighted by molar-refractivity contribution is -0.164. The Bertz CT molecular complexity index is 240. The van der Waals surface area contributed by atoms with Crippen LogP contribution in [0.4, 0.5) is 13.2 Å². The van der Waals surface area contributed by atoms with E-state index in [4.69, 9.17) is 5.11 Å². The van der Waals surface area contributed by atoms with Crippen LogP contribution in [0.2, 0.25) is 0 Å². The zero-order valence-corrected chi connectivity index (χ0v) is 8.17. The highest BCUT2D eigenvalue weighted by molar-refractivity contribution is 5.81. The van der Waals surface area contributed by atoms with Crippen molar-refractivity contribution in [3.05, 3.63) is 0 Å². The van der Waals surface area contributed by atoms with Gasteiger partial charge in [-0.15, -0.1) is 0 Å². The van der Waals surface area contributed by atoms with Gasteiger partial charge in [0.25, 0.3) is 0 Å². The number of carboxylic acids is 1. The number of rotatable bonds is 5. The first-order valence-corrected chi connectivity index (χ1v) is 4.32. The van der Waals surface area contributed by atoms with Crippen molar-refractivity contribution < 1.29 is 27.9 Å². The third-order valence-electron chi connectivity index (χ3n) is 1.52. The number of carbonyl (C=O) groups is 2. The molecule has 4 nitrogen and oxygen atoms in total. The Kier molecular flexibility index (Phi) is 5.10. The molecule has 0 aliphatic heterocycles. The first kappa shape index (κ1) is 13.7. The van der Waals surface area contributed by atoms with Gasteiger partial charge < -0.3 is 10.0 Å². The molecule has 0 aromatic carbocycles. The summed E-state index contributed by atoms with van der Waals surface area (Å²) in [6, 6.07) is 0. The molecule has 0 bridgehead atoms. The van der Waals surface area contributed by atoms with Crippen molar-refractivity contribution in [1.82, 2.24) is 4.90 Å². The fourth-order valence-corrected chi connectivity index (χ4v) is 1.01. The minimum absolute atomic E-state index is 0.0151. The second-order valence-corrected chi connectivity index (χ2v) is 3.00. The van der Waals surface area contributed by atoms with E-state index in [0.717, 1.165) is 0 Å². The van der Waals surface area contributed by atoms with Crippen molar-refractivity contribution in [2.75, 3.05) is 13.1 Å². The third-order valence-corrected chi connectivity index (χ3v) is 1.52. The molecule has 0 saturated carbocycles. The van der Waals surface area contributed by atoms with E-state index >= 15 is 0 Å². The van der Waals surface area contributed by atoms with Crippen molar-refractivity contribution in [2.45, 2.75) is 25.9 Å². The van der Waals surface area contributed by atoms with Crippen molar-refractivity contribution in [3.63, 3.8) is 0 Å². The fourth-order valence-electron chi connectivity index (χ4n) is 1.01. The lowest BCUT2D eigenvalue weighted by atomic mass is 10.3. The van der Waals surface area contributed by atoms with Gasteiger partial charge in [-0.2, -0.15) is 13.2 Å². The van der Waals surface area contributed by atoms with Crippen LogP contribution in [0, 0.1) is 0 Å². The molecule has 0 atom stereocenters. The maximum atomic E-state index is 11.8. The van der Waals surface area contributed by atoms with Gasteiger partial charge in [0, 0.05) is 6.54 Å². The number of amides is 1. The van der Waals surface area contributed by atoms with Gasteiger partial charge in [0.1, 0.15) is 13.0 Å². The third kappa shape index (κ3) is 6.75. The summed E-state index contributed by atoms with van der Waals surface area (Å²) in [7, 11) is 0. The van der Waals surface area contributed by atoms with Crippen LogP contribution in [-0.4, -0.2) is 41.1 Å². The Morgan fingerprint density at radius 1 is 1.33 bits per heavy atom. The summed E-state index contributed by atoms with van der Waals surface area (Å²) in [6.45, 7) is 0.972. The minimum Gasteiger partial charge on any atom is -0.480 e. The van der Waals surface area contributed by atoms with E-state index in [2.05, 4.69) is 0 Å². The van der Waals surface area contributed by atoms with Crippen LogP contribution < -0.4 is 0 Å². The van der Waals surface area contributed by atoms with Crippen LogP contribution in [0.3, 0.4) is 0 Å². The smallest absolute Gasteiger partial charge is 0.397 e. The number of hydrogen-bond acceptors (Lipinski definition) is 2. The number of alkyl halides is 3. The second-order valence-electron chi connectivity index (χ2n) is 3.00. The first-order valence-electron chi connectivity index (χ1n) is 4.32. The highest BCUT2D eigenvalue weighted by atomic mass is 19.4. The van der Waals surface area contributed by atoms with Gasteiger partial charge in [-0.3, -0.25) is 9.59 Å². The average molecular weight is 227 g/mol. The lowest BCUT2D eigenvalue weighted by Gasteiger charge is -2.20. The summed E-state index contributed by atoms with van der Waals surface area (Å²) in [5.74, 6) is -2.52. The molecule has 0 spiro atoms. The summed E-state index contributed by atoms with van der Waals surface area (Å²) in [6.07, 6.45) is -5.79. The first-order chi connectivity index (χ1) is 6.76. The predicted octanol–water partition coefficient (Wildman–Crippen LogP) is 1.26. The number of carboxylic acid groups (broad SMARTS) is 1. The van der Waals surface area contributed by atoms with Crippen LogP contribution in [0.1, 0.15) is 19.8 Å². The van der Waals surface area contributed by atoms with Gasteiger partial charge in [0.15, 0.2) is 0 Å². The zero-order valence-electron chi connectivity index (χ0n) is 8.17. The number of nitrogens with zero attached hydrogens (tertiary/aromatic N) is 1. The molecular formula is C8H12F3NO3. The average Bonchev–Trinajstić information content (AvgIpc) is 1.99. The highest BCUT2D eigenvalue weighted by Gasteiger charge is 2.33. The summed E-state index contributed by atoms with van der Waals surface area (Å²) in [4.78, 5) is 22.0. The van der Waals surface area contributed by atoms with E-state index in [1.807, 2.05) is 0 Å². The SMILES string of the molecule is CCCN(CC(=O)O)C(=O)CC(F)(F)F. The van der Waals surface area contributed by atoms with Gasteiger partial charge >= 0.3 is 12.1 Å². The van der Waals surface area contributed by atoms with Crippen LogP contribution in [0.15, 0.2) is 0 Å². The number of halogens is 3. The molecule has 1 amide bonds. The zero-order chi connectivity index (χ0) is 12.1. The van der Waals surface area contributed by atoms with Gasteiger partial charge in [0.2, 0.25) is 5.91 Å². The molecule has 1 N–H and O–H groups in total. The Labute approximate surface area is 84.7 Å². The van der Waals surface area contributed by atoms with Crippen LogP contribution in [0.5, 0.6) is 0 Å². The van der Waals surface area contributed by atoms with Gasteiger partial charge in [-0.05, 0) is 6.42 Å². The van der Waals surface area contributed by atoms with Crippen LogP contribution in [0.25, 0.3) is 0 Å². The maximum Gasteiger partial charge on any atom is 0.397 e. The van der Waals surface area contributed by atoms with Crippen molar-refractivity contribution >= 4 is 11.9 Å². The molecule has 0 fully saturated rings. The highest BCUT2D eigenvalue weighted by Crippen LogP contribution is 2.20. The minimum atomic E-state index is -4.60. The molecule has 15 heavy (non-hydrogen) atoms. The monoisotopic (exact) mass is 227 g/mol. The predicted molar refractivity (Wildman–Crippen MR) is 45.2 cm³/mol. The molecule has 0 aliphatic rings. The molecule has 0 saturated heterocycles. The second kappa shape index (κ2) is 5.57. The molecule has 7 heteroatoms. The Morgan fingerprint density at radius 3 is 2.20 bits per heavy atom. The van der Waals surface area contributed by atoms with Gasteiger partial charge in [-0.25, -0.2) is 0 Å². The van der Waals surface area contributed by atoms with Gasteiger partial charge in [-0.1, -0.05) is 6.92 Å². The molecule has 0 unspecified atom stereocenters. The molecule has 0 aromatic rings. The number of aliphatic carboxylic acids is 1. The molecule has 0 radical (unpaired) electrons. The fraction of sp³-hybridized carbons (Fsp3) is 0.750. The van der Waals surface area contributed by atoms with E-state index in [9.17, 15) is 22.8 Å². The van der Waals surface area contributed by atoms with Gasteiger partial charge in [0.05, 0.1) is 0 Å².